The van der Waals surface area contributed by atoms with Gasteiger partial charge in [0.1, 0.15) is 0 Å². The second-order valence-electron chi connectivity index (χ2n) is 1.72. The van der Waals surface area contributed by atoms with Gasteiger partial charge in [0.15, 0.2) is 0 Å². The lowest BCUT2D eigenvalue weighted by Gasteiger charge is -1.93. The van der Waals surface area contributed by atoms with E-state index in [1.807, 2.05) is 6.07 Å². The zero-order valence-electron chi connectivity index (χ0n) is 5.66. The minimum Gasteiger partial charge on any atom is -0.326 e. The van der Waals surface area contributed by atoms with Crippen LogP contribution in [0.4, 0.5) is 0 Å². The van der Waals surface area contributed by atoms with Gasteiger partial charge in [0.05, 0.1) is 0 Å². The summed E-state index contributed by atoms with van der Waals surface area (Å²) in [4.78, 5) is 3.93. The molecular formula is C6H9BrCl2N2. The van der Waals surface area contributed by atoms with Gasteiger partial charge in [0.25, 0.3) is 0 Å². The lowest BCUT2D eigenvalue weighted by molar-refractivity contribution is 1.04. The summed E-state index contributed by atoms with van der Waals surface area (Å²) in [6.45, 7) is 0.548. The van der Waals surface area contributed by atoms with Crippen molar-refractivity contribution in [1.29, 1.82) is 0 Å². The minimum atomic E-state index is 0. The third kappa shape index (κ3) is 4.58. The molecule has 0 bridgehead atoms. The molecular weight excluding hydrogens is 251 g/mol. The second-order valence-corrected chi connectivity index (χ2v) is 2.63. The Morgan fingerprint density at radius 3 is 2.36 bits per heavy atom. The SMILES string of the molecule is Cl.Cl.NCc1cncc(Br)c1. The van der Waals surface area contributed by atoms with Gasteiger partial charge in [-0.15, -0.1) is 24.8 Å². The number of rotatable bonds is 1. The highest BCUT2D eigenvalue weighted by molar-refractivity contribution is 9.10. The standard InChI is InChI=1S/C6H7BrN2.2ClH/c7-6-1-5(2-8)3-9-4-6;;/h1,3-4H,2,8H2;2*1H. The summed E-state index contributed by atoms with van der Waals surface area (Å²) in [6.07, 6.45) is 3.49. The number of pyridine rings is 1. The van der Waals surface area contributed by atoms with Gasteiger partial charge in [-0.2, -0.15) is 0 Å². The fourth-order valence-electron chi connectivity index (χ4n) is 0.567. The van der Waals surface area contributed by atoms with Crippen LogP contribution in [-0.4, -0.2) is 4.98 Å². The lowest BCUT2D eigenvalue weighted by Crippen LogP contribution is -1.95. The Balaban J connectivity index is 0. The van der Waals surface area contributed by atoms with Crippen LogP contribution in [0.1, 0.15) is 5.56 Å². The quantitative estimate of drug-likeness (QED) is 0.840. The predicted molar refractivity (Wildman–Crippen MR) is 54.3 cm³/mol. The van der Waals surface area contributed by atoms with Crippen molar-refractivity contribution < 1.29 is 0 Å². The maximum absolute atomic E-state index is 5.36. The summed E-state index contributed by atoms with van der Waals surface area (Å²) in [6, 6.07) is 1.95. The molecule has 0 aliphatic heterocycles. The predicted octanol–water partition coefficient (Wildman–Crippen LogP) is 2.15. The first kappa shape index (κ1) is 13.7. The van der Waals surface area contributed by atoms with Crippen molar-refractivity contribution in [1.82, 2.24) is 4.98 Å². The van der Waals surface area contributed by atoms with E-state index in [9.17, 15) is 0 Å². The molecule has 0 fully saturated rings. The molecule has 11 heavy (non-hydrogen) atoms. The Labute approximate surface area is 86.5 Å². The van der Waals surface area contributed by atoms with Crippen molar-refractivity contribution >= 4 is 40.7 Å². The van der Waals surface area contributed by atoms with Gasteiger partial charge >= 0.3 is 0 Å². The number of hydrogen-bond acceptors (Lipinski definition) is 2. The van der Waals surface area contributed by atoms with E-state index in [0.717, 1.165) is 10.0 Å². The Morgan fingerprint density at radius 1 is 1.36 bits per heavy atom. The van der Waals surface area contributed by atoms with Gasteiger partial charge in [-0.3, -0.25) is 4.98 Å². The molecule has 0 aliphatic rings. The highest BCUT2D eigenvalue weighted by atomic mass is 79.9. The summed E-state index contributed by atoms with van der Waals surface area (Å²) in [5.41, 5.74) is 6.40. The molecule has 0 aliphatic carbocycles. The molecule has 1 aromatic rings. The van der Waals surface area contributed by atoms with E-state index < -0.39 is 0 Å². The molecule has 0 saturated carbocycles. The fourth-order valence-corrected chi connectivity index (χ4v) is 0.980. The van der Waals surface area contributed by atoms with Crippen LogP contribution < -0.4 is 5.73 Å². The molecule has 2 nitrogen and oxygen atoms in total. The molecule has 0 aromatic carbocycles. The van der Waals surface area contributed by atoms with Crippen LogP contribution in [0.15, 0.2) is 22.9 Å². The molecule has 0 atom stereocenters. The Morgan fingerprint density at radius 2 is 2.00 bits per heavy atom. The Bertz CT molecular complexity index is 208. The van der Waals surface area contributed by atoms with Crippen LogP contribution in [-0.2, 0) is 6.54 Å². The smallest absolute Gasteiger partial charge is 0.0410 e. The first-order chi connectivity index (χ1) is 4.33. The first-order valence-corrected chi connectivity index (χ1v) is 3.41. The number of aromatic nitrogens is 1. The van der Waals surface area contributed by atoms with Gasteiger partial charge in [-0.05, 0) is 27.6 Å². The van der Waals surface area contributed by atoms with Crippen LogP contribution >= 0.6 is 40.7 Å². The average Bonchev–Trinajstić information content (AvgIpc) is 1.88. The topological polar surface area (TPSA) is 38.9 Å². The molecule has 0 radical (unpaired) electrons. The third-order valence-electron chi connectivity index (χ3n) is 0.997. The maximum Gasteiger partial charge on any atom is 0.0410 e. The largest absolute Gasteiger partial charge is 0.326 e. The van der Waals surface area contributed by atoms with Crippen LogP contribution in [0.3, 0.4) is 0 Å². The van der Waals surface area contributed by atoms with Crippen molar-refractivity contribution in [2.24, 2.45) is 5.73 Å². The third-order valence-corrected chi connectivity index (χ3v) is 1.43. The molecule has 1 heterocycles. The van der Waals surface area contributed by atoms with Crippen LogP contribution in [0.5, 0.6) is 0 Å². The van der Waals surface area contributed by atoms with Gasteiger partial charge in [-0.25, -0.2) is 0 Å². The summed E-state index contributed by atoms with van der Waals surface area (Å²) in [5, 5.41) is 0. The van der Waals surface area contributed by atoms with E-state index in [0.29, 0.717) is 6.54 Å². The van der Waals surface area contributed by atoms with Gasteiger partial charge in [0, 0.05) is 23.4 Å². The van der Waals surface area contributed by atoms with Gasteiger partial charge in [0.2, 0.25) is 0 Å². The van der Waals surface area contributed by atoms with Crippen molar-refractivity contribution in [2.75, 3.05) is 0 Å². The number of hydrogen-bond donors (Lipinski definition) is 1. The van der Waals surface area contributed by atoms with E-state index in [1.54, 1.807) is 12.4 Å². The highest BCUT2D eigenvalue weighted by Gasteiger charge is 1.88. The Hall–Kier alpha value is 0.170. The number of halogens is 3. The summed E-state index contributed by atoms with van der Waals surface area (Å²) in [7, 11) is 0. The van der Waals surface area contributed by atoms with Gasteiger partial charge < -0.3 is 5.73 Å². The van der Waals surface area contributed by atoms with E-state index in [1.165, 1.54) is 0 Å². The number of nitrogens with zero attached hydrogens (tertiary/aromatic N) is 1. The van der Waals surface area contributed by atoms with Crippen LogP contribution in [0, 0.1) is 0 Å². The fraction of sp³-hybridized carbons (Fsp3) is 0.167. The molecule has 1 rings (SSSR count). The van der Waals surface area contributed by atoms with E-state index in [4.69, 9.17) is 5.73 Å². The van der Waals surface area contributed by atoms with E-state index >= 15 is 0 Å². The molecule has 5 heteroatoms. The second kappa shape index (κ2) is 6.85. The lowest BCUT2D eigenvalue weighted by atomic mass is 10.3. The molecule has 0 spiro atoms. The molecule has 1 aromatic heterocycles. The van der Waals surface area contributed by atoms with Crippen LogP contribution in [0.25, 0.3) is 0 Å². The summed E-state index contributed by atoms with van der Waals surface area (Å²) in [5.74, 6) is 0. The van der Waals surface area contributed by atoms with E-state index in [2.05, 4.69) is 20.9 Å². The maximum atomic E-state index is 5.36. The molecule has 0 saturated heterocycles. The summed E-state index contributed by atoms with van der Waals surface area (Å²) < 4.78 is 0.977. The van der Waals surface area contributed by atoms with Crippen molar-refractivity contribution in [2.45, 2.75) is 6.54 Å². The summed E-state index contributed by atoms with van der Waals surface area (Å²) >= 11 is 3.28. The van der Waals surface area contributed by atoms with E-state index in [-0.39, 0.29) is 24.8 Å². The van der Waals surface area contributed by atoms with Crippen molar-refractivity contribution in [3.8, 4) is 0 Å². The van der Waals surface area contributed by atoms with Crippen molar-refractivity contribution in [3.05, 3.63) is 28.5 Å². The average molecular weight is 260 g/mol. The van der Waals surface area contributed by atoms with Gasteiger partial charge in [-0.1, -0.05) is 0 Å². The van der Waals surface area contributed by atoms with Crippen LogP contribution in [0.2, 0.25) is 0 Å². The Kier molecular flexibility index (Phi) is 8.56. The minimum absolute atomic E-state index is 0. The number of nitrogens with two attached hydrogens (primary N) is 1. The zero-order valence-corrected chi connectivity index (χ0v) is 8.88. The molecule has 0 amide bonds. The monoisotopic (exact) mass is 258 g/mol. The van der Waals surface area contributed by atoms with Crippen molar-refractivity contribution in [3.63, 3.8) is 0 Å². The zero-order chi connectivity index (χ0) is 6.69. The highest BCUT2D eigenvalue weighted by Crippen LogP contribution is 2.08. The molecule has 64 valence electrons. The first-order valence-electron chi connectivity index (χ1n) is 2.62. The molecule has 0 unspecified atom stereocenters. The molecule has 2 N–H and O–H groups in total. The normalized spacial score (nSPS) is 7.82.